The maximum atomic E-state index is 12.0. The summed E-state index contributed by atoms with van der Waals surface area (Å²) < 4.78 is 0. The first-order valence-electron chi connectivity index (χ1n) is 6.25. The second kappa shape index (κ2) is 7.50. The number of benzene rings is 1. The minimum atomic E-state index is -0.249. The molecule has 0 aliphatic carbocycles. The molecule has 0 aliphatic heterocycles. The van der Waals surface area contributed by atoms with Gasteiger partial charge in [0.1, 0.15) is 11.1 Å². The van der Waals surface area contributed by atoms with Crippen molar-refractivity contribution in [1.29, 1.82) is 5.26 Å². The van der Waals surface area contributed by atoms with E-state index in [1.165, 1.54) is 11.8 Å². The predicted octanol–water partition coefficient (Wildman–Crippen LogP) is 4.30. The molecule has 1 N–H and O–H groups in total. The Labute approximate surface area is 142 Å². The van der Waals surface area contributed by atoms with Gasteiger partial charge in [-0.25, -0.2) is 4.98 Å². The van der Waals surface area contributed by atoms with Crippen LogP contribution in [-0.2, 0) is 4.79 Å². The van der Waals surface area contributed by atoms with Gasteiger partial charge in [0.2, 0.25) is 5.91 Å². The molecule has 7 heteroatoms. The van der Waals surface area contributed by atoms with Crippen molar-refractivity contribution < 1.29 is 4.79 Å². The number of aromatic nitrogens is 1. The second-order valence-electron chi connectivity index (χ2n) is 4.36. The molecule has 1 aromatic heterocycles. The van der Waals surface area contributed by atoms with Crippen molar-refractivity contribution in [3.8, 4) is 6.07 Å². The molecule has 0 fully saturated rings. The number of hydrogen-bond acceptors (Lipinski definition) is 4. The first-order chi connectivity index (χ1) is 10.5. The number of thioether (sulfide) groups is 1. The van der Waals surface area contributed by atoms with Crippen molar-refractivity contribution in [3.05, 3.63) is 51.6 Å². The van der Waals surface area contributed by atoms with Crippen LogP contribution in [0.4, 0.5) is 5.69 Å². The fourth-order valence-corrected chi connectivity index (χ4v) is 2.81. The lowest BCUT2D eigenvalue weighted by Crippen LogP contribution is -2.14. The van der Waals surface area contributed by atoms with Crippen molar-refractivity contribution in [3.63, 3.8) is 0 Å². The quantitative estimate of drug-likeness (QED) is 0.834. The van der Waals surface area contributed by atoms with Crippen molar-refractivity contribution in [2.75, 3.05) is 11.1 Å². The summed E-state index contributed by atoms with van der Waals surface area (Å²) in [5.41, 5.74) is 1.70. The van der Waals surface area contributed by atoms with Gasteiger partial charge < -0.3 is 5.32 Å². The van der Waals surface area contributed by atoms with Crippen LogP contribution in [0.1, 0.15) is 11.3 Å². The molecule has 1 heterocycles. The lowest BCUT2D eigenvalue weighted by Gasteiger charge is -2.08. The lowest BCUT2D eigenvalue weighted by atomic mass is 10.3. The van der Waals surface area contributed by atoms with Crippen LogP contribution in [0.2, 0.25) is 10.0 Å². The van der Waals surface area contributed by atoms with Gasteiger partial charge in [0.15, 0.2) is 0 Å². The van der Waals surface area contributed by atoms with Gasteiger partial charge in [-0.15, -0.1) is 0 Å². The van der Waals surface area contributed by atoms with Crippen molar-refractivity contribution in [2.24, 2.45) is 0 Å². The predicted molar refractivity (Wildman–Crippen MR) is 89.5 cm³/mol. The molecular formula is C15H11Cl2N3OS. The van der Waals surface area contributed by atoms with Crippen LogP contribution in [0.5, 0.6) is 0 Å². The number of anilines is 1. The van der Waals surface area contributed by atoms with Crippen molar-refractivity contribution in [1.82, 2.24) is 4.98 Å². The first-order valence-corrected chi connectivity index (χ1v) is 8.00. The molecule has 0 atom stereocenters. The zero-order chi connectivity index (χ0) is 16.1. The summed E-state index contributed by atoms with van der Waals surface area (Å²) in [6.07, 6.45) is 0. The molecule has 2 rings (SSSR count). The van der Waals surface area contributed by atoms with Gasteiger partial charge in [-0.05, 0) is 31.2 Å². The minimum absolute atomic E-state index is 0.119. The van der Waals surface area contributed by atoms with Gasteiger partial charge in [-0.2, -0.15) is 5.26 Å². The number of pyridine rings is 1. The molecule has 0 bridgehead atoms. The smallest absolute Gasteiger partial charge is 0.234 e. The van der Waals surface area contributed by atoms with E-state index in [0.29, 0.717) is 26.3 Å². The average Bonchev–Trinajstić information content (AvgIpc) is 2.50. The van der Waals surface area contributed by atoms with E-state index in [-0.39, 0.29) is 11.7 Å². The maximum Gasteiger partial charge on any atom is 0.234 e. The Morgan fingerprint density at radius 1 is 1.36 bits per heavy atom. The number of amides is 1. The lowest BCUT2D eigenvalue weighted by molar-refractivity contribution is -0.113. The molecule has 0 saturated carbocycles. The number of rotatable bonds is 4. The molecule has 1 aromatic carbocycles. The van der Waals surface area contributed by atoms with Gasteiger partial charge in [0.05, 0.1) is 27.0 Å². The molecule has 4 nitrogen and oxygen atoms in total. The molecule has 112 valence electrons. The van der Waals surface area contributed by atoms with Crippen LogP contribution in [0.25, 0.3) is 0 Å². The molecule has 0 saturated heterocycles. The molecule has 0 aliphatic rings. The number of nitriles is 1. The third kappa shape index (κ3) is 4.14. The molecule has 0 unspecified atom stereocenters. The normalized spacial score (nSPS) is 10.1. The summed E-state index contributed by atoms with van der Waals surface area (Å²) in [5, 5.41) is 12.9. The van der Waals surface area contributed by atoms with E-state index in [0.717, 1.165) is 5.69 Å². The van der Waals surface area contributed by atoms with Crippen LogP contribution < -0.4 is 5.32 Å². The van der Waals surface area contributed by atoms with E-state index in [1.807, 2.05) is 6.92 Å². The highest BCUT2D eigenvalue weighted by atomic mass is 35.5. The van der Waals surface area contributed by atoms with Crippen LogP contribution in [0.15, 0.2) is 35.4 Å². The maximum absolute atomic E-state index is 12.0. The summed E-state index contributed by atoms with van der Waals surface area (Å²) >= 11 is 13.1. The SMILES string of the molecule is Cc1ccc(C#N)c(SCC(=O)Nc2cccc(Cl)c2Cl)n1. The molecule has 0 radical (unpaired) electrons. The zero-order valence-electron chi connectivity index (χ0n) is 11.6. The average molecular weight is 352 g/mol. The number of carbonyl (C=O) groups is 1. The summed E-state index contributed by atoms with van der Waals surface area (Å²) in [7, 11) is 0. The number of aryl methyl sites for hydroxylation is 1. The molecule has 22 heavy (non-hydrogen) atoms. The van der Waals surface area contributed by atoms with Gasteiger partial charge in [-0.3, -0.25) is 4.79 Å². The highest BCUT2D eigenvalue weighted by molar-refractivity contribution is 8.00. The van der Waals surface area contributed by atoms with Gasteiger partial charge in [0.25, 0.3) is 0 Å². The Kier molecular flexibility index (Phi) is 5.67. The van der Waals surface area contributed by atoms with Crippen LogP contribution in [0.3, 0.4) is 0 Å². The zero-order valence-corrected chi connectivity index (χ0v) is 13.9. The van der Waals surface area contributed by atoms with Crippen LogP contribution >= 0.6 is 35.0 Å². The van der Waals surface area contributed by atoms with E-state index in [4.69, 9.17) is 28.5 Å². The molecular weight excluding hydrogens is 341 g/mol. The monoisotopic (exact) mass is 351 g/mol. The van der Waals surface area contributed by atoms with E-state index < -0.39 is 0 Å². The van der Waals surface area contributed by atoms with Crippen molar-refractivity contribution >= 4 is 46.6 Å². The topological polar surface area (TPSA) is 65.8 Å². The number of halogens is 2. The number of nitrogens with one attached hydrogen (secondary N) is 1. The largest absolute Gasteiger partial charge is 0.324 e. The van der Waals surface area contributed by atoms with E-state index >= 15 is 0 Å². The van der Waals surface area contributed by atoms with Crippen LogP contribution in [-0.4, -0.2) is 16.6 Å². The van der Waals surface area contributed by atoms with E-state index in [2.05, 4.69) is 16.4 Å². The summed E-state index contributed by atoms with van der Waals surface area (Å²) in [6.45, 7) is 1.83. The Morgan fingerprint density at radius 2 is 2.14 bits per heavy atom. The third-order valence-corrected chi connectivity index (χ3v) is 4.50. The Hall–Kier alpha value is -1.74. The van der Waals surface area contributed by atoms with Crippen molar-refractivity contribution in [2.45, 2.75) is 11.9 Å². The van der Waals surface area contributed by atoms with Gasteiger partial charge >= 0.3 is 0 Å². The highest BCUT2D eigenvalue weighted by Gasteiger charge is 2.11. The van der Waals surface area contributed by atoms with Crippen LogP contribution in [0, 0.1) is 18.3 Å². The first kappa shape index (κ1) is 16.6. The van der Waals surface area contributed by atoms with Gasteiger partial charge in [0, 0.05) is 5.69 Å². The standard InChI is InChI=1S/C15H11Cl2N3OS/c1-9-5-6-10(7-18)15(19-9)22-8-13(21)20-12-4-2-3-11(16)14(12)17/h2-6H,8H2,1H3,(H,20,21). The number of hydrogen-bond donors (Lipinski definition) is 1. The number of nitrogens with zero attached hydrogens (tertiary/aromatic N) is 2. The third-order valence-electron chi connectivity index (χ3n) is 2.69. The Balaban J connectivity index is 2.03. The fourth-order valence-electron chi connectivity index (χ4n) is 1.65. The van der Waals surface area contributed by atoms with Gasteiger partial charge in [-0.1, -0.05) is 41.0 Å². The summed E-state index contributed by atoms with van der Waals surface area (Å²) in [4.78, 5) is 16.3. The number of carbonyl (C=O) groups excluding carboxylic acids is 1. The highest BCUT2D eigenvalue weighted by Crippen LogP contribution is 2.29. The summed E-state index contributed by atoms with van der Waals surface area (Å²) in [6, 6.07) is 10.5. The Morgan fingerprint density at radius 3 is 2.86 bits per heavy atom. The fraction of sp³-hybridized carbons (Fsp3) is 0.133. The minimum Gasteiger partial charge on any atom is -0.324 e. The van der Waals surface area contributed by atoms with E-state index in [1.54, 1.807) is 30.3 Å². The summed E-state index contributed by atoms with van der Waals surface area (Å²) in [5.74, 6) is -0.130. The molecule has 2 aromatic rings. The second-order valence-corrected chi connectivity index (χ2v) is 6.10. The molecule has 1 amide bonds. The molecule has 0 spiro atoms. The van der Waals surface area contributed by atoms with E-state index in [9.17, 15) is 4.79 Å². The Bertz CT molecular complexity index is 759.